The van der Waals surface area contributed by atoms with Gasteiger partial charge >= 0.3 is 0 Å². The lowest BCUT2D eigenvalue weighted by Crippen LogP contribution is -2.75. The van der Waals surface area contributed by atoms with Gasteiger partial charge in [0.1, 0.15) is 0 Å². The lowest BCUT2D eigenvalue weighted by molar-refractivity contribution is -0.309. The zero-order valence-corrected chi connectivity index (χ0v) is 73.4. The molecule has 0 amide bonds. The Hall–Kier alpha value is -1.12. The third-order valence-corrected chi connectivity index (χ3v) is 42.7. The lowest BCUT2D eigenvalue weighted by Gasteiger charge is -2.75. The van der Waals surface area contributed by atoms with E-state index < -0.39 is 99.3 Å². The number of aliphatic hydroxyl groups excluding tert-OH is 14. The maximum absolute atomic E-state index is 12.1. The van der Waals surface area contributed by atoms with E-state index in [2.05, 4.69) is 144 Å². The van der Waals surface area contributed by atoms with Crippen molar-refractivity contribution in [1.29, 1.82) is 0 Å². The Bertz CT molecular complexity index is 3390. The molecule has 14 aliphatic rings. The van der Waals surface area contributed by atoms with Crippen LogP contribution in [0.4, 0.5) is 0 Å². The topological polar surface area (TPSA) is 292 Å². The molecule has 15 nitrogen and oxygen atoms in total. The van der Waals surface area contributed by atoms with E-state index in [1.165, 1.54) is 0 Å². The third kappa shape index (κ3) is 11.1. The van der Waals surface area contributed by atoms with Crippen LogP contribution in [0.3, 0.4) is 0 Å². The quantitative estimate of drug-likeness (QED) is 0.0955. The minimum Gasteiger partial charge on any atom is -0.396 e. The van der Waals surface area contributed by atoms with Gasteiger partial charge in [-0.2, -0.15) is 0 Å². The van der Waals surface area contributed by atoms with Crippen LogP contribution in [0, 0.1) is 163 Å². The molecule has 0 aromatic carbocycles. The summed E-state index contributed by atoms with van der Waals surface area (Å²) in [6, 6.07) is 0. The van der Waals surface area contributed by atoms with Crippen molar-refractivity contribution in [3.8, 4) is 0 Å². The molecule has 13 saturated carbocycles. The second kappa shape index (κ2) is 27.7. The van der Waals surface area contributed by atoms with Crippen molar-refractivity contribution < 1.29 is 76.2 Å². The van der Waals surface area contributed by atoms with Gasteiger partial charge in [0.25, 0.3) is 0 Å². The van der Waals surface area contributed by atoms with Gasteiger partial charge in [-0.3, -0.25) is 0 Å². The average Bonchev–Trinajstić information content (AvgIpc) is 1.43. The Morgan fingerprint density at radius 2 is 0.818 bits per heavy atom. The van der Waals surface area contributed by atoms with Gasteiger partial charge in [0.2, 0.25) is 0 Å². The van der Waals surface area contributed by atoms with Gasteiger partial charge in [0, 0.05) is 38.4 Å². The third-order valence-electron chi connectivity index (χ3n) is 42.7. The molecule has 0 aromatic heterocycles. The maximum Gasteiger partial charge on any atom is 0.164 e. The highest BCUT2D eigenvalue weighted by Crippen LogP contribution is 2.83. The largest absolute Gasteiger partial charge is 0.396 e. The molecule has 38 atom stereocenters. The number of hydrogen-bond donors (Lipinski definition) is 14. The van der Waals surface area contributed by atoms with Gasteiger partial charge < -0.3 is 76.2 Å². The molecule has 13 aliphatic carbocycles. The van der Waals surface area contributed by atoms with Crippen molar-refractivity contribution in [3.05, 3.63) is 25.3 Å². The van der Waals surface area contributed by atoms with Crippen molar-refractivity contribution >= 4 is 0 Å². The van der Waals surface area contributed by atoms with E-state index in [1.807, 2.05) is 40.7 Å². The molecule has 0 aromatic rings. The van der Waals surface area contributed by atoms with Crippen LogP contribution in [-0.4, -0.2) is 164 Å². The number of allylic oxidation sites excluding steroid dienone is 2. The Morgan fingerprint density at radius 3 is 1.36 bits per heavy atom. The van der Waals surface area contributed by atoms with Crippen LogP contribution in [0.2, 0.25) is 0 Å². The molecule has 634 valence electrons. The fourth-order valence-electron chi connectivity index (χ4n) is 34.9. The smallest absolute Gasteiger partial charge is 0.164 e. The molecule has 14 fully saturated rings. The van der Waals surface area contributed by atoms with Crippen molar-refractivity contribution in [1.82, 2.24) is 0 Å². The van der Waals surface area contributed by atoms with Crippen LogP contribution >= 0.6 is 0 Å². The maximum atomic E-state index is 12.1. The average molecular weight is 1550 g/mol. The second-order valence-electron chi connectivity index (χ2n) is 47.7. The van der Waals surface area contributed by atoms with Crippen molar-refractivity contribution in [2.24, 2.45) is 163 Å². The van der Waals surface area contributed by atoms with Crippen LogP contribution in [-0.2, 0) is 4.74 Å². The molecule has 0 radical (unpaired) electrons. The molecule has 15 heteroatoms. The van der Waals surface area contributed by atoms with Crippen LogP contribution in [0.5, 0.6) is 0 Å². The minimum absolute atomic E-state index is 0.00692. The molecule has 14 rings (SSSR count). The van der Waals surface area contributed by atoms with Gasteiger partial charge in [0.05, 0.1) is 91.4 Å². The Balaban J connectivity index is 0.000000154. The number of fused-ring (bicyclic) bond motifs is 8. The first-order valence-corrected chi connectivity index (χ1v) is 44.7. The summed E-state index contributed by atoms with van der Waals surface area (Å²) in [6.07, 6.45) is 16.0. The molecule has 110 heavy (non-hydrogen) atoms. The standard InChI is InChI=1S/C32H56O6.C32H56O3.C31H52O6/c1-9-11-21-28(5)14-13-22(34)29(6,18-33)20(28)12-15-30(21,7)31(8)17-19-16-27(3,4)23(35)25(37)32(19,10-2)26(38)24(31)36;1-11-12-23-30(8)15-14-24(33)28(5,6)22(30)13-16-31(23,9)29(7)18-21-17-27(3,4)26(35)20(2)32(21,10)25(34)19-29;1-17-23(35)25(2,3)14-20-30-13-9-19-26(4)11-10-21(33)27(5,16-32)18(26)8-12-28(19,6)29(30,7)15-22(34)31(17,20)24(36)37-30/h9,19-26,33-38H,1,10-18H2,2-8H3;11,20-26,33-35H,1,12-19H2,2-10H3;17-24,32-36H,8-16H2,1-7H3/t19?,20?,21?,22-,23-,24-,25-,26+,28-,29+,30+,31-,32+;20-,21?,22?,23?,24-,25+,26-,29-,30-,31+,32-;17-,18?,19?,20?,21-,22+,23-,24-,26-,27+,28+,29-,30-,31+/m000/s1. The predicted molar refractivity (Wildman–Crippen MR) is 434 cm³/mol. The number of ether oxygens (including phenoxy) is 1. The van der Waals surface area contributed by atoms with Gasteiger partial charge in [-0.15, -0.1) is 13.2 Å². The van der Waals surface area contributed by atoms with Crippen molar-refractivity contribution in [3.63, 3.8) is 0 Å². The molecule has 1 heterocycles. The van der Waals surface area contributed by atoms with E-state index in [0.717, 1.165) is 116 Å². The van der Waals surface area contributed by atoms with Gasteiger partial charge in [0.15, 0.2) is 6.29 Å². The number of aliphatic hydroxyl groups is 14. The number of hydrogen-bond acceptors (Lipinski definition) is 15. The van der Waals surface area contributed by atoms with E-state index in [4.69, 9.17) is 4.74 Å². The monoisotopic (exact) mass is 1550 g/mol. The fraction of sp³-hybridized carbons (Fsp3) is 0.958. The van der Waals surface area contributed by atoms with Crippen LogP contribution < -0.4 is 0 Å². The highest BCUT2D eigenvalue weighted by Gasteiger charge is 2.85. The molecule has 1 aliphatic heterocycles. The predicted octanol–water partition coefficient (Wildman–Crippen LogP) is 14.9. The molecular weight excluding hydrogens is 1380 g/mol. The van der Waals surface area contributed by atoms with E-state index in [1.54, 1.807) is 0 Å². The van der Waals surface area contributed by atoms with E-state index in [-0.39, 0.29) is 132 Å². The van der Waals surface area contributed by atoms with E-state index in [0.29, 0.717) is 62.2 Å². The highest BCUT2D eigenvalue weighted by atomic mass is 16.6. The first kappa shape index (κ1) is 88.2. The molecular formula is C95H164O15. The molecule has 1 spiro atoms. The highest BCUT2D eigenvalue weighted by molar-refractivity contribution is 5.32. The Labute approximate surface area is 666 Å². The normalized spacial score (nSPS) is 58.8. The lowest BCUT2D eigenvalue weighted by atomic mass is 9.30. The van der Waals surface area contributed by atoms with Crippen LogP contribution in [0.1, 0.15) is 313 Å². The molecule has 14 N–H and O–H groups in total. The van der Waals surface area contributed by atoms with E-state index >= 15 is 0 Å². The summed E-state index contributed by atoms with van der Waals surface area (Å²) in [5, 5.41) is 158. The van der Waals surface area contributed by atoms with Gasteiger partial charge in [-0.05, 0) is 273 Å². The van der Waals surface area contributed by atoms with Gasteiger partial charge in [-0.25, -0.2) is 0 Å². The Morgan fingerprint density at radius 1 is 0.373 bits per heavy atom. The van der Waals surface area contributed by atoms with E-state index in [9.17, 15) is 71.5 Å². The zero-order chi connectivity index (χ0) is 82.3. The summed E-state index contributed by atoms with van der Waals surface area (Å²) in [6.45, 7) is 59.6. The second-order valence-corrected chi connectivity index (χ2v) is 47.7. The molecule has 2 bridgehead atoms. The summed E-state index contributed by atoms with van der Waals surface area (Å²) in [5.41, 5.74) is -6.03. The minimum atomic E-state index is -1.15. The summed E-state index contributed by atoms with van der Waals surface area (Å²) in [7, 11) is 0. The van der Waals surface area contributed by atoms with Gasteiger partial charge in [-0.1, -0.05) is 171 Å². The van der Waals surface area contributed by atoms with Crippen LogP contribution in [0.25, 0.3) is 0 Å². The Kier molecular flexibility index (Phi) is 22.2. The summed E-state index contributed by atoms with van der Waals surface area (Å²) >= 11 is 0. The van der Waals surface area contributed by atoms with Crippen molar-refractivity contribution in [2.75, 3.05) is 13.2 Å². The first-order valence-electron chi connectivity index (χ1n) is 44.7. The van der Waals surface area contributed by atoms with Crippen LogP contribution in [0.15, 0.2) is 25.3 Å². The molecule has 9 unspecified atom stereocenters. The number of rotatable bonds is 9. The summed E-state index contributed by atoms with van der Waals surface area (Å²) in [4.78, 5) is 0. The van der Waals surface area contributed by atoms with Crippen molar-refractivity contribution in [2.45, 2.75) is 392 Å². The SMILES string of the molecule is C=CCC1[C@@]2(C)CC[C@H](O)C(C)(C)C2CC[C@@]1(C)[C@@]1(C)CC2CC(C)(C)[C@@H](O)[C@H](C)[C@]2(C)[C@H](O)C1.C=CCC1[C@@]2(C)CC[C@H](O)[C@](C)(CO)C2CC[C@@]1(C)[C@@]1(C)CC2CC(C)(C)[C@@H](O)[C@H](O)[C@]2(CC)[C@H](O)[C@@H]1O.C[C@H]1[C@H](O)C(C)(C)CC2[C@@]13[C@H](O)C[C@]1(C)[C@@]2(CCC2[C@@]4(C)CC[C@H](O)[C@](C)(CO)C4CC[C@]21C)O[C@@H]3O. The fourth-order valence-corrected chi connectivity index (χ4v) is 34.9. The zero-order valence-electron chi connectivity index (χ0n) is 73.4. The first-order chi connectivity index (χ1) is 50.4. The summed E-state index contributed by atoms with van der Waals surface area (Å²) < 4.78 is 6.87. The molecule has 1 saturated heterocycles. The summed E-state index contributed by atoms with van der Waals surface area (Å²) in [5.74, 6) is 2.05.